The SMILES string of the molecule is O=C(c1cc2c(s1)CCSC2)N(CCO)CC1CCCN1. The van der Waals surface area contributed by atoms with Gasteiger partial charge in [0.25, 0.3) is 5.91 Å². The zero-order valence-electron chi connectivity index (χ0n) is 12.1. The highest BCUT2D eigenvalue weighted by molar-refractivity contribution is 7.98. The lowest BCUT2D eigenvalue weighted by atomic mass is 10.2. The van der Waals surface area contributed by atoms with Crippen LogP contribution in [0.15, 0.2) is 6.07 Å². The molecule has 116 valence electrons. The first-order chi connectivity index (χ1) is 10.3. The lowest BCUT2D eigenvalue weighted by Crippen LogP contribution is -2.42. The Morgan fingerprint density at radius 2 is 2.43 bits per heavy atom. The molecule has 21 heavy (non-hydrogen) atoms. The maximum absolute atomic E-state index is 12.7. The maximum Gasteiger partial charge on any atom is 0.264 e. The summed E-state index contributed by atoms with van der Waals surface area (Å²) in [5.41, 5.74) is 1.34. The molecule has 0 bridgehead atoms. The van der Waals surface area contributed by atoms with Gasteiger partial charge in [-0.1, -0.05) is 0 Å². The van der Waals surface area contributed by atoms with Crippen molar-refractivity contribution in [3.8, 4) is 0 Å². The van der Waals surface area contributed by atoms with Crippen LogP contribution in [0.2, 0.25) is 0 Å². The summed E-state index contributed by atoms with van der Waals surface area (Å²) < 4.78 is 0. The van der Waals surface area contributed by atoms with E-state index in [4.69, 9.17) is 0 Å². The van der Waals surface area contributed by atoms with E-state index >= 15 is 0 Å². The van der Waals surface area contributed by atoms with Gasteiger partial charge in [-0.2, -0.15) is 11.8 Å². The lowest BCUT2D eigenvalue weighted by Gasteiger charge is -2.24. The van der Waals surface area contributed by atoms with Crippen LogP contribution in [0, 0.1) is 0 Å². The number of carbonyl (C=O) groups excluding carboxylic acids is 1. The van der Waals surface area contributed by atoms with Crippen LogP contribution in [-0.2, 0) is 12.2 Å². The molecule has 1 aromatic heterocycles. The second kappa shape index (κ2) is 7.13. The Kier molecular flexibility index (Phi) is 5.21. The number of rotatable bonds is 5. The van der Waals surface area contributed by atoms with E-state index in [1.165, 1.54) is 16.9 Å². The summed E-state index contributed by atoms with van der Waals surface area (Å²) in [6.07, 6.45) is 3.38. The van der Waals surface area contributed by atoms with Gasteiger partial charge in [0.2, 0.25) is 0 Å². The quantitative estimate of drug-likeness (QED) is 0.865. The van der Waals surface area contributed by atoms with E-state index in [-0.39, 0.29) is 12.5 Å². The Bertz CT molecular complexity index is 474. The molecular weight excluding hydrogens is 304 g/mol. The third kappa shape index (κ3) is 3.62. The highest BCUT2D eigenvalue weighted by Crippen LogP contribution is 2.32. The lowest BCUT2D eigenvalue weighted by molar-refractivity contribution is 0.0711. The Morgan fingerprint density at radius 1 is 1.52 bits per heavy atom. The molecule has 3 heterocycles. The van der Waals surface area contributed by atoms with Crippen molar-refractivity contribution >= 4 is 29.0 Å². The van der Waals surface area contributed by atoms with Gasteiger partial charge in [0.05, 0.1) is 11.5 Å². The first-order valence-electron chi connectivity index (χ1n) is 7.61. The van der Waals surface area contributed by atoms with Crippen LogP contribution in [0.3, 0.4) is 0 Å². The van der Waals surface area contributed by atoms with Gasteiger partial charge in [-0.3, -0.25) is 4.79 Å². The molecule has 0 spiro atoms. The normalized spacial score (nSPS) is 21.3. The van der Waals surface area contributed by atoms with Crippen molar-refractivity contribution in [1.82, 2.24) is 10.2 Å². The predicted octanol–water partition coefficient (Wildman–Crippen LogP) is 1.72. The molecule has 1 unspecified atom stereocenters. The fourth-order valence-corrected chi connectivity index (χ4v) is 5.32. The van der Waals surface area contributed by atoms with Crippen molar-refractivity contribution in [2.75, 3.05) is 32.0 Å². The number of thiophene rings is 1. The van der Waals surface area contributed by atoms with Crippen LogP contribution in [0.25, 0.3) is 0 Å². The molecule has 1 atom stereocenters. The number of aryl methyl sites for hydroxylation is 1. The van der Waals surface area contributed by atoms with Crippen molar-refractivity contribution in [3.05, 3.63) is 21.4 Å². The number of nitrogens with zero attached hydrogens (tertiary/aromatic N) is 1. The Labute approximate surface area is 133 Å². The Balaban J connectivity index is 1.71. The standard InChI is InChI=1S/C15H22N2O2S2/c18-6-5-17(9-12-2-1-4-16-12)15(19)14-8-11-10-20-7-3-13(11)21-14/h8,12,16,18H,1-7,9-10H2. The molecule has 4 nitrogen and oxygen atoms in total. The number of aliphatic hydroxyl groups excluding tert-OH is 1. The molecule has 2 aliphatic rings. The van der Waals surface area contributed by atoms with Crippen LogP contribution in [-0.4, -0.2) is 53.9 Å². The maximum atomic E-state index is 12.7. The van der Waals surface area contributed by atoms with E-state index in [1.54, 1.807) is 11.3 Å². The van der Waals surface area contributed by atoms with Gasteiger partial charge in [0.15, 0.2) is 0 Å². The Hall–Kier alpha value is -0.560. The molecule has 2 N–H and O–H groups in total. The number of hydrogen-bond acceptors (Lipinski definition) is 5. The summed E-state index contributed by atoms with van der Waals surface area (Å²) in [7, 11) is 0. The molecule has 0 radical (unpaired) electrons. The number of amides is 1. The Morgan fingerprint density at radius 3 is 3.14 bits per heavy atom. The van der Waals surface area contributed by atoms with Crippen LogP contribution in [0.4, 0.5) is 0 Å². The van der Waals surface area contributed by atoms with E-state index < -0.39 is 0 Å². The zero-order chi connectivity index (χ0) is 14.7. The second-order valence-electron chi connectivity index (χ2n) is 5.63. The molecule has 1 aromatic rings. The summed E-state index contributed by atoms with van der Waals surface area (Å²) in [6, 6.07) is 2.45. The minimum absolute atomic E-state index is 0.0272. The van der Waals surface area contributed by atoms with Crippen LogP contribution >= 0.6 is 23.1 Å². The fraction of sp³-hybridized carbons (Fsp3) is 0.667. The van der Waals surface area contributed by atoms with E-state index in [9.17, 15) is 9.90 Å². The van der Waals surface area contributed by atoms with Gasteiger partial charge >= 0.3 is 0 Å². The van der Waals surface area contributed by atoms with Crippen LogP contribution in [0.1, 0.15) is 33.0 Å². The van der Waals surface area contributed by atoms with Crippen molar-refractivity contribution in [2.24, 2.45) is 0 Å². The number of thioether (sulfide) groups is 1. The monoisotopic (exact) mass is 326 g/mol. The second-order valence-corrected chi connectivity index (χ2v) is 7.87. The molecule has 2 aliphatic heterocycles. The first-order valence-corrected chi connectivity index (χ1v) is 9.58. The zero-order valence-corrected chi connectivity index (χ0v) is 13.8. The van der Waals surface area contributed by atoms with Gasteiger partial charge in [-0.15, -0.1) is 11.3 Å². The van der Waals surface area contributed by atoms with Crippen molar-refractivity contribution in [3.63, 3.8) is 0 Å². The summed E-state index contributed by atoms with van der Waals surface area (Å²) >= 11 is 3.59. The average Bonchev–Trinajstić information content (AvgIpc) is 3.14. The highest BCUT2D eigenvalue weighted by atomic mass is 32.2. The third-order valence-electron chi connectivity index (χ3n) is 4.10. The molecule has 1 amide bonds. The highest BCUT2D eigenvalue weighted by Gasteiger charge is 2.24. The fourth-order valence-electron chi connectivity index (χ4n) is 2.98. The van der Waals surface area contributed by atoms with Crippen LogP contribution < -0.4 is 5.32 Å². The summed E-state index contributed by atoms with van der Waals surface area (Å²) in [5.74, 6) is 2.28. The minimum atomic E-state index is 0.0272. The minimum Gasteiger partial charge on any atom is -0.395 e. The summed E-state index contributed by atoms with van der Waals surface area (Å²) in [6.45, 7) is 2.20. The number of fused-ring (bicyclic) bond motifs is 1. The van der Waals surface area contributed by atoms with Crippen LogP contribution in [0.5, 0.6) is 0 Å². The molecule has 0 aromatic carbocycles. The number of carbonyl (C=O) groups is 1. The molecular formula is C15H22N2O2S2. The van der Waals surface area contributed by atoms with Crippen molar-refractivity contribution in [1.29, 1.82) is 0 Å². The summed E-state index contributed by atoms with van der Waals surface area (Å²) in [4.78, 5) is 16.8. The number of aliphatic hydroxyl groups is 1. The first kappa shape index (κ1) is 15.3. The average molecular weight is 326 g/mol. The molecule has 1 saturated heterocycles. The van der Waals surface area contributed by atoms with Crippen molar-refractivity contribution in [2.45, 2.75) is 31.1 Å². The van der Waals surface area contributed by atoms with E-state index in [1.807, 2.05) is 16.7 Å². The summed E-state index contributed by atoms with van der Waals surface area (Å²) in [5, 5.41) is 12.7. The van der Waals surface area contributed by atoms with Gasteiger partial charge in [0, 0.05) is 29.8 Å². The molecule has 0 saturated carbocycles. The third-order valence-corrected chi connectivity index (χ3v) is 6.33. The topological polar surface area (TPSA) is 52.6 Å². The molecule has 1 fully saturated rings. The molecule has 3 rings (SSSR count). The van der Waals surface area contributed by atoms with E-state index in [2.05, 4.69) is 11.4 Å². The van der Waals surface area contributed by atoms with Gasteiger partial charge in [-0.05, 0) is 43.2 Å². The smallest absolute Gasteiger partial charge is 0.264 e. The number of nitrogens with one attached hydrogen (secondary N) is 1. The van der Waals surface area contributed by atoms with Gasteiger partial charge in [-0.25, -0.2) is 0 Å². The predicted molar refractivity (Wildman–Crippen MR) is 88.2 cm³/mol. The van der Waals surface area contributed by atoms with E-state index in [0.29, 0.717) is 19.1 Å². The molecule has 0 aliphatic carbocycles. The van der Waals surface area contributed by atoms with E-state index in [0.717, 1.165) is 35.8 Å². The van der Waals surface area contributed by atoms with Crippen molar-refractivity contribution < 1.29 is 9.90 Å². The largest absolute Gasteiger partial charge is 0.395 e. The van der Waals surface area contributed by atoms with Gasteiger partial charge < -0.3 is 15.3 Å². The number of hydrogen-bond donors (Lipinski definition) is 2. The van der Waals surface area contributed by atoms with Gasteiger partial charge in [0.1, 0.15) is 0 Å². The molecule has 6 heteroatoms.